The van der Waals surface area contributed by atoms with Gasteiger partial charge in [0.05, 0.1) is 19.2 Å². The Kier molecular flexibility index (Phi) is 6.26. The van der Waals surface area contributed by atoms with Crippen molar-refractivity contribution in [2.75, 3.05) is 30.0 Å². The number of primary amides is 1. The molecule has 0 radical (unpaired) electrons. The molecule has 2 aliphatic heterocycles. The predicted octanol–water partition coefficient (Wildman–Crippen LogP) is 0.177. The van der Waals surface area contributed by atoms with E-state index in [-0.39, 0.29) is 36.5 Å². The molecule has 0 bridgehead atoms. The van der Waals surface area contributed by atoms with Gasteiger partial charge in [0.2, 0.25) is 11.7 Å². The van der Waals surface area contributed by atoms with Crippen LogP contribution >= 0.6 is 0 Å². The number of nitrogens with two attached hydrogens (primary N) is 1. The van der Waals surface area contributed by atoms with Crippen LogP contribution in [0.15, 0.2) is 24.7 Å². The Labute approximate surface area is 217 Å². The van der Waals surface area contributed by atoms with Crippen LogP contribution in [0.3, 0.4) is 0 Å². The molecule has 38 heavy (non-hydrogen) atoms. The molecule has 1 amide bonds. The molecule has 14 heteroatoms. The van der Waals surface area contributed by atoms with Crippen molar-refractivity contribution in [3.05, 3.63) is 35.9 Å². The van der Waals surface area contributed by atoms with E-state index in [9.17, 15) is 14.4 Å². The summed E-state index contributed by atoms with van der Waals surface area (Å²) in [6.07, 6.45) is 4.86. The molecule has 5 rings (SSSR count). The van der Waals surface area contributed by atoms with Gasteiger partial charge in [-0.25, -0.2) is 19.7 Å². The number of rotatable bonds is 6. The fourth-order valence-corrected chi connectivity index (χ4v) is 5.21. The number of pyridine rings is 1. The highest BCUT2D eigenvalue weighted by Gasteiger charge is 2.55. The minimum atomic E-state index is -2.14. The summed E-state index contributed by atoms with van der Waals surface area (Å²) in [6.45, 7) is 7.53. The molecule has 200 valence electrons. The maximum Gasteiger partial charge on any atom is 0.401 e. The maximum absolute atomic E-state index is 12.5. The number of carbonyl (C=O) groups excluding carboxylic acids is 3. The molecule has 0 spiro atoms. The normalized spacial score (nSPS) is 22.7. The van der Waals surface area contributed by atoms with Crippen LogP contribution in [-0.2, 0) is 30.3 Å². The van der Waals surface area contributed by atoms with Crippen LogP contribution in [0.4, 0.5) is 17.2 Å². The molecule has 1 saturated heterocycles. The van der Waals surface area contributed by atoms with Crippen molar-refractivity contribution in [2.45, 2.75) is 45.2 Å². The van der Waals surface area contributed by atoms with Crippen LogP contribution in [0.5, 0.6) is 5.88 Å². The number of nitrogens with zero attached hydrogens (tertiary/aromatic N) is 6. The summed E-state index contributed by atoms with van der Waals surface area (Å²) in [6, 6.07) is 2.27. The number of anilines is 3. The van der Waals surface area contributed by atoms with E-state index in [1.807, 2.05) is 13.0 Å². The molecule has 3 aromatic rings. The lowest BCUT2D eigenvalue weighted by molar-refractivity contribution is -0.214. The van der Waals surface area contributed by atoms with Crippen molar-refractivity contribution in [1.29, 1.82) is 0 Å². The summed E-state index contributed by atoms with van der Waals surface area (Å²) >= 11 is 0. The van der Waals surface area contributed by atoms with E-state index in [1.165, 1.54) is 12.0 Å². The van der Waals surface area contributed by atoms with Gasteiger partial charge < -0.3 is 30.2 Å². The highest BCUT2D eigenvalue weighted by Crippen LogP contribution is 2.49. The van der Waals surface area contributed by atoms with Crippen molar-refractivity contribution < 1.29 is 28.6 Å². The molecule has 3 atom stereocenters. The minimum absolute atomic E-state index is 0.0987. The third kappa shape index (κ3) is 4.22. The molecule has 3 N–H and O–H groups in total. The lowest BCUT2D eigenvalue weighted by Crippen LogP contribution is -2.54. The summed E-state index contributed by atoms with van der Waals surface area (Å²) < 4.78 is 18.2. The second-order valence-electron chi connectivity index (χ2n) is 9.42. The number of carbonyl (C=O) groups is 3. The average Bonchev–Trinajstić information content (AvgIpc) is 3.38. The molecular formula is C24H28N8O6. The first-order chi connectivity index (χ1) is 18.2. The summed E-state index contributed by atoms with van der Waals surface area (Å²) in [5.41, 5.74) is 7.62. The third-order valence-corrected chi connectivity index (χ3v) is 6.49. The van der Waals surface area contributed by atoms with E-state index in [4.69, 9.17) is 19.9 Å². The summed E-state index contributed by atoms with van der Waals surface area (Å²) in [7, 11) is 1.42. The van der Waals surface area contributed by atoms with Gasteiger partial charge in [-0.15, -0.1) is 0 Å². The Hall–Kier alpha value is -4.46. The number of ether oxygens (including phenoxy) is 3. The molecule has 0 aliphatic carbocycles. The fraction of sp³-hybridized carbons (Fsp3) is 0.417. The Morgan fingerprint density at radius 1 is 1.18 bits per heavy atom. The number of fused-ring (bicyclic) bond motifs is 2. The first kappa shape index (κ1) is 25.2. The Morgan fingerprint density at radius 3 is 2.58 bits per heavy atom. The van der Waals surface area contributed by atoms with E-state index in [0.717, 1.165) is 5.69 Å². The van der Waals surface area contributed by atoms with E-state index in [1.54, 1.807) is 23.0 Å². The van der Waals surface area contributed by atoms with Gasteiger partial charge in [0, 0.05) is 55.0 Å². The smallest absolute Gasteiger partial charge is 0.401 e. The first-order valence-electron chi connectivity index (χ1n) is 12.0. The zero-order chi connectivity index (χ0) is 27.2. The minimum Gasteiger partial charge on any atom is -0.479 e. The van der Waals surface area contributed by atoms with Crippen molar-refractivity contribution in [3.8, 4) is 5.88 Å². The highest BCUT2D eigenvalue weighted by atomic mass is 16.8. The highest BCUT2D eigenvalue weighted by molar-refractivity contribution is 6.31. The first-order valence-corrected chi connectivity index (χ1v) is 12.0. The second kappa shape index (κ2) is 9.45. The van der Waals surface area contributed by atoms with Gasteiger partial charge in [0.1, 0.15) is 11.5 Å². The maximum atomic E-state index is 12.5. The molecule has 2 aliphatic rings. The van der Waals surface area contributed by atoms with Crippen LogP contribution in [0.2, 0.25) is 0 Å². The third-order valence-electron chi connectivity index (χ3n) is 6.49. The van der Waals surface area contributed by atoms with E-state index < -0.39 is 17.8 Å². The zero-order valence-electron chi connectivity index (χ0n) is 21.4. The molecule has 1 unspecified atom stereocenters. The lowest BCUT2D eigenvalue weighted by atomic mass is 10.1. The standard InChI is InChI=1S/C24H28N8O6/c1-13-8-30(9-14(2)27-13)17-5-6-26-20-16(17)7-24(37-12-33,38-22(35)19(25)34)32(20)18-11-31-10-15(3)28-23(31)29-21(18)36-4/h5-6,10-14,27H,7-9H2,1-4H3,(H2,25,34)/t13-,14+,24?. The van der Waals surface area contributed by atoms with Crippen LogP contribution in [0.25, 0.3) is 5.78 Å². The zero-order valence-corrected chi connectivity index (χ0v) is 21.4. The number of imidazole rings is 1. The lowest BCUT2D eigenvalue weighted by Gasteiger charge is -2.38. The average molecular weight is 525 g/mol. The number of nitrogens with one attached hydrogen (secondary N) is 1. The van der Waals surface area contributed by atoms with Gasteiger partial charge in [-0.1, -0.05) is 0 Å². The van der Waals surface area contributed by atoms with Crippen LogP contribution in [0.1, 0.15) is 25.1 Å². The van der Waals surface area contributed by atoms with Gasteiger partial charge in [-0.05, 0) is 26.8 Å². The Bertz CT molecular complexity index is 1420. The van der Waals surface area contributed by atoms with E-state index >= 15 is 0 Å². The van der Waals surface area contributed by atoms with Crippen LogP contribution in [0, 0.1) is 6.92 Å². The number of aromatic nitrogens is 4. The molecule has 0 aromatic carbocycles. The van der Waals surface area contributed by atoms with Crippen molar-refractivity contribution in [3.63, 3.8) is 0 Å². The van der Waals surface area contributed by atoms with Gasteiger partial charge in [0.25, 0.3) is 6.47 Å². The number of esters is 1. The van der Waals surface area contributed by atoms with Crippen LogP contribution < -0.4 is 25.6 Å². The van der Waals surface area contributed by atoms with Crippen LogP contribution in [-0.4, -0.2) is 75.9 Å². The Balaban J connectivity index is 1.74. The molecule has 5 heterocycles. The molecular weight excluding hydrogens is 496 g/mol. The van der Waals surface area contributed by atoms with Gasteiger partial charge in [-0.3, -0.25) is 14.0 Å². The fourth-order valence-electron chi connectivity index (χ4n) is 5.21. The quantitative estimate of drug-likeness (QED) is 0.195. The van der Waals surface area contributed by atoms with Crippen molar-refractivity contribution in [2.24, 2.45) is 5.73 Å². The van der Waals surface area contributed by atoms with Gasteiger partial charge in [-0.2, -0.15) is 4.98 Å². The predicted molar refractivity (Wildman–Crippen MR) is 134 cm³/mol. The van der Waals surface area contributed by atoms with Crippen molar-refractivity contribution >= 4 is 41.3 Å². The molecule has 14 nitrogen and oxygen atoms in total. The largest absolute Gasteiger partial charge is 0.479 e. The molecule has 3 aromatic heterocycles. The molecule has 0 saturated carbocycles. The summed E-state index contributed by atoms with van der Waals surface area (Å²) in [4.78, 5) is 53.1. The van der Waals surface area contributed by atoms with Crippen molar-refractivity contribution in [1.82, 2.24) is 24.7 Å². The summed E-state index contributed by atoms with van der Waals surface area (Å²) in [5.74, 6) is -4.08. The number of methoxy groups -OCH3 is 1. The second-order valence-corrected chi connectivity index (χ2v) is 9.42. The van der Waals surface area contributed by atoms with Gasteiger partial charge >= 0.3 is 17.8 Å². The van der Waals surface area contributed by atoms with E-state index in [0.29, 0.717) is 35.9 Å². The number of amides is 1. The van der Waals surface area contributed by atoms with Gasteiger partial charge in [0.15, 0.2) is 0 Å². The SMILES string of the molecule is COc1nc2nc(C)cn2cc1N1c2nccc(N3C[C@@H](C)N[C@@H](C)C3)c2CC1(OC=O)OC(=O)C(N)=O. The van der Waals surface area contributed by atoms with E-state index in [2.05, 4.69) is 39.0 Å². The monoisotopic (exact) mass is 524 g/mol. The number of piperazine rings is 1. The topological polar surface area (TPSA) is 167 Å². The number of hydrogen-bond acceptors (Lipinski definition) is 12. The summed E-state index contributed by atoms with van der Waals surface area (Å²) in [5, 5.41) is 3.50. The molecule has 1 fully saturated rings. The number of hydrogen-bond donors (Lipinski definition) is 2. The Morgan fingerprint density at radius 2 is 1.92 bits per heavy atom. The number of aryl methyl sites for hydroxylation is 1.